The van der Waals surface area contributed by atoms with E-state index in [1.165, 1.54) is 3.57 Å². The lowest BCUT2D eigenvalue weighted by Crippen LogP contribution is -2.13. The fraction of sp³-hybridized carbons (Fsp3) is 0.214. The minimum absolute atomic E-state index is 0.00991. The SMILES string of the molecule is Cc1cc(I)ccc1NC(=O)CCc1ccco1. The highest BCUT2D eigenvalue weighted by atomic mass is 127. The number of hydrogen-bond acceptors (Lipinski definition) is 2. The van der Waals surface area contributed by atoms with Crippen LogP contribution in [0.1, 0.15) is 17.7 Å². The summed E-state index contributed by atoms with van der Waals surface area (Å²) in [4.78, 5) is 11.8. The van der Waals surface area contributed by atoms with Crippen molar-refractivity contribution in [2.75, 3.05) is 5.32 Å². The number of hydrogen-bond donors (Lipinski definition) is 1. The lowest BCUT2D eigenvalue weighted by molar-refractivity contribution is -0.116. The van der Waals surface area contributed by atoms with Gasteiger partial charge in [-0.05, 0) is 65.4 Å². The fourth-order valence-electron chi connectivity index (χ4n) is 1.67. The van der Waals surface area contributed by atoms with Crippen molar-refractivity contribution in [3.05, 3.63) is 51.5 Å². The van der Waals surface area contributed by atoms with Crippen LogP contribution in [-0.2, 0) is 11.2 Å². The molecule has 2 aromatic rings. The van der Waals surface area contributed by atoms with Crippen LogP contribution in [0, 0.1) is 10.5 Å². The van der Waals surface area contributed by atoms with E-state index in [-0.39, 0.29) is 5.91 Å². The van der Waals surface area contributed by atoms with Crippen LogP contribution in [0.2, 0.25) is 0 Å². The minimum atomic E-state index is 0.00991. The lowest BCUT2D eigenvalue weighted by atomic mass is 10.2. The predicted molar refractivity (Wildman–Crippen MR) is 79.6 cm³/mol. The van der Waals surface area contributed by atoms with E-state index in [2.05, 4.69) is 27.9 Å². The summed E-state index contributed by atoms with van der Waals surface area (Å²) in [6.07, 6.45) is 2.68. The molecule has 1 N–H and O–H groups in total. The predicted octanol–water partition coefficient (Wildman–Crippen LogP) is 3.76. The monoisotopic (exact) mass is 355 g/mol. The Morgan fingerprint density at radius 1 is 1.39 bits per heavy atom. The highest BCUT2D eigenvalue weighted by molar-refractivity contribution is 14.1. The smallest absolute Gasteiger partial charge is 0.224 e. The zero-order chi connectivity index (χ0) is 13.0. The highest BCUT2D eigenvalue weighted by Gasteiger charge is 2.06. The summed E-state index contributed by atoms with van der Waals surface area (Å²) >= 11 is 2.25. The number of carbonyl (C=O) groups is 1. The van der Waals surface area contributed by atoms with Gasteiger partial charge in [-0.2, -0.15) is 0 Å². The molecule has 94 valence electrons. The van der Waals surface area contributed by atoms with Crippen molar-refractivity contribution in [1.82, 2.24) is 0 Å². The second-order valence-corrected chi connectivity index (χ2v) is 5.33. The third-order valence-electron chi connectivity index (χ3n) is 2.64. The van der Waals surface area contributed by atoms with Gasteiger partial charge >= 0.3 is 0 Å². The Bertz CT molecular complexity index is 535. The first-order valence-corrected chi connectivity index (χ1v) is 6.81. The van der Waals surface area contributed by atoms with Gasteiger partial charge in [-0.1, -0.05) is 0 Å². The number of benzene rings is 1. The molecule has 0 bridgehead atoms. The van der Waals surface area contributed by atoms with Gasteiger partial charge in [0.15, 0.2) is 0 Å². The summed E-state index contributed by atoms with van der Waals surface area (Å²) in [5.74, 6) is 0.847. The number of rotatable bonds is 4. The summed E-state index contributed by atoms with van der Waals surface area (Å²) in [7, 11) is 0. The van der Waals surface area contributed by atoms with Crippen LogP contribution in [0.4, 0.5) is 5.69 Å². The first-order valence-electron chi connectivity index (χ1n) is 5.73. The molecule has 0 saturated heterocycles. The van der Waals surface area contributed by atoms with Crippen molar-refractivity contribution in [2.45, 2.75) is 19.8 Å². The van der Waals surface area contributed by atoms with E-state index < -0.39 is 0 Å². The van der Waals surface area contributed by atoms with Gasteiger partial charge in [0.25, 0.3) is 0 Å². The van der Waals surface area contributed by atoms with Gasteiger partial charge < -0.3 is 9.73 Å². The molecule has 2 rings (SSSR count). The highest BCUT2D eigenvalue weighted by Crippen LogP contribution is 2.18. The number of furan rings is 1. The first kappa shape index (κ1) is 13.1. The van der Waals surface area contributed by atoms with Crippen LogP contribution in [-0.4, -0.2) is 5.91 Å². The van der Waals surface area contributed by atoms with Crippen molar-refractivity contribution in [3.8, 4) is 0 Å². The van der Waals surface area contributed by atoms with Crippen molar-refractivity contribution in [2.24, 2.45) is 0 Å². The van der Waals surface area contributed by atoms with Gasteiger partial charge in [0, 0.05) is 22.1 Å². The summed E-state index contributed by atoms with van der Waals surface area (Å²) in [5.41, 5.74) is 1.95. The molecule has 1 aromatic carbocycles. The Labute approximate surface area is 120 Å². The van der Waals surface area contributed by atoms with E-state index in [9.17, 15) is 4.79 Å². The second-order valence-electron chi connectivity index (χ2n) is 4.09. The van der Waals surface area contributed by atoms with Crippen LogP contribution in [0.5, 0.6) is 0 Å². The molecule has 0 aliphatic heterocycles. The molecule has 1 heterocycles. The van der Waals surface area contributed by atoms with Crippen molar-refractivity contribution in [3.63, 3.8) is 0 Å². The van der Waals surface area contributed by atoms with E-state index in [0.29, 0.717) is 12.8 Å². The summed E-state index contributed by atoms with van der Waals surface area (Å²) in [5, 5.41) is 2.92. The maximum absolute atomic E-state index is 11.8. The van der Waals surface area contributed by atoms with E-state index in [1.54, 1.807) is 6.26 Å². The van der Waals surface area contributed by atoms with Crippen molar-refractivity contribution >= 4 is 34.2 Å². The average Bonchev–Trinajstić information content (AvgIpc) is 2.83. The molecule has 3 nitrogen and oxygen atoms in total. The van der Waals surface area contributed by atoms with Gasteiger partial charge in [0.05, 0.1) is 6.26 Å². The lowest BCUT2D eigenvalue weighted by Gasteiger charge is -2.08. The molecular formula is C14H14INO2. The van der Waals surface area contributed by atoms with E-state index in [0.717, 1.165) is 17.0 Å². The normalized spacial score (nSPS) is 10.3. The van der Waals surface area contributed by atoms with Gasteiger partial charge in [-0.15, -0.1) is 0 Å². The Hall–Kier alpha value is -1.30. The first-order chi connectivity index (χ1) is 8.65. The zero-order valence-electron chi connectivity index (χ0n) is 10.1. The quantitative estimate of drug-likeness (QED) is 0.849. The van der Waals surface area contributed by atoms with Crippen LogP contribution in [0.15, 0.2) is 41.0 Å². The topological polar surface area (TPSA) is 42.2 Å². The maximum Gasteiger partial charge on any atom is 0.224 e. The molecule has 0 aliphatic carbocycles. The molecular weight excluding hydrogens is 341 g/mol. The Morgan fingerprint density at radius 3 is 2.89 bits per heavy atom. The van der Waals surface area contributed by atoms with E-state index in [4.69, 9.17) is 4.42 Å². The van der Waals surface area contributed by atoms with Crippen molar-refractivity contribution < 1.29 is 9.21 Å². The fourth-order valence-corrected chi connectivity index (χ4v) is 2.32. The van der Waals surface area contributed by atoms with E-state index >= 15 is 0 Å². The van der Waals surface area contributed by atoms with Crippen LogP contribution < -0.4 is 5.32 Å². The van der Waals surface area contributed by atoms with Crippen LogP contribution in [0.25, 0.3) is 0 Å². The molecule has 0 saturated carbocycles. The molecule has 0 radical (unpaired) electrons. The van der Waals surface area contributed by atoms with Crippen LogP contribution in [0.3, 0.4) is 0 Å². The van der Waals surface area contributed by atoms with Gasteiger partial charge in [-0.3, -0.25) is 4.79 Å². The minimum Gasteiger partial charge on any atom is -0.469 e. The van der Waals surface area contributed by atoms with Crippen LogP contribution >= 0.6 is 22.6 Å². The largest absolute Gasteiger partial charge is 0.469 e. The molecule has 4 heteroatoms. The van der Waals surface area contributed by atoms with Crippen molar-refractivity contribution in [1.29, 1.82) is 0 Å². The second kappa shape index (κ2) is 6.04. The maximum atomic E-state index is 11.8. The summed E-state index contributed by atoms with van der Waals surface area (Å²) < 4.78 is 6.36. The molecule has 0 aliphatic rings. The third-order valence-corrected chi connectivity index (χ3v) is 3.31. The van der Waals surface area contributed by atoms with Gasteiger partial charge in [0.1, 0.15) is 5.76 Å². The number of aryl methyl sites for hydroxylation is 2. The Kier molecular flexibility index (Phi) is 4.41. The number of carbonyl (C=O) groups excluding carboxylic acids is 1. The number of amides is 1. The Balaban J connectivity index is 1.91. The molecule has 0 atom stereocenters. The number of halogens is 1. The van der Waals surface area contributed by atoms with Gasteiger partial charge in [-0.25, -0.2) is 0 Å². The third kappa shape index (κ3) is 3.60. The summed E-state index contributed by atoms with van der Waals surface area (Å²) in [6, 6.07) is 9.67. The standard InChI is InChI=1S/C14H14INO2/c1-10-9-11(15)4-6-13(10)16-14(17)7-5-12-3-2-8-18-12/h2-4,6,8-9H,5,7H2,1H3,(H,16,17). The Morgan fingerprint density at radius 2 is 2.22 bits per heavy atom. The molecule has 0 unspecified atom stereocenters. The number of anilines is 1. The van der Waals surface area contributed by atoms with Gasteiger partial charge in [0.2, 0.25) is 5.91 Å². The molecule has 0 spiro atoms. The average molecular weight is 355 g/mol. The summed E-state index contributed by atoms with van der Waals surface area (Å²) in [6.45, 7) is 1.99. The van der Waals surface area contributed by atoms with E-state index in [1.807, 2.05) is 37.3 Å². The molecule has 0 fully saturated rings. The molecule has 18 heavy (non-hydrogen) atoms. The zero-order valence-corrected chi connectivity index (χ0v) is 12.2. The molecule has 1 amide bonds. The number of nitrogens with one attached hydrogen (secondary N) is 1. The molecule has 1 aromatic heterocycles.